The third-order valence-electron chi connectivity index (χ3n) is 27.6. The van der Waals surface area contributed by atoms with Gasteiger partial charge in [-0.05, 0) is 293 Å². The normalized spacial score (nSPS) is 20.5. The Morgan fingerprint density at radius 2 is 0.715 bits per heavy atom. The number of benzene rings is 4. The Labute approximate surface area is 719 Å². The molecular weight excluding hydrogens is 1650 g/mol. The minimum absolute atomic E-state index is 0.0808. The second kappa shape index (κ2) is 35.5. The topological polar surface area (TPSA) is 392 Å². The number of carbonyl (C=O) groups is 4. The molecule has 8 amide bonds. The Hall–Kier alpha value is -8.94. The second-order valence-corrected chi connectivity index (χ2v) is 44.2. The van der Waals surface area contributed by atoms with Crippen LogP contribution in [0, 0.1) is 5.92 Å². The van der Waals surface area contributed by atoms with Crippen LogP contribution in [0.5, 0.6) is 0 Å². The van der Waals surface area contributed by atoms with E-state index in [2.05, 4.69) is 84.4 Å². The monoisotopic (exact) mass is 1760 g/mol. The van der Waals surface area contributed by atoms with E-state index in [1.807, 2.05) is 22.8 Å². The molecule has 8 heterocycles. The number of aryl methyl sites for hydroxylation is 10. The zero-order valence-corrected chi connectivity index (χ0v) is 73.8. The molecule has 8 N–H and O–H groups in total. The van der Waals surface area contributed by atoms with Gasteiger partial charge in [-0.15, -0.1) is 0 Å². The van der Waals surface area contributed by atoms with Crippen molar-refractivity contribution in [3.8, 4) is 0 Å². The molecule has 31 nitrogen and oxygen atoms in total. The number of nitrogens with one attached hydrogen (secondary N) is 8. The Kier molecular flexibility index (Phi) is 24.9. The summed E-state index contributed by atoms with van der Waals surface area (Å²) in [7, 11) is -11.5. The van der Waals surface area contributed by atoms with Crippen LogP contribution >= 0.6 is 0 Å². The van der Waals surface area contributed by atoms with Gasteiger partial charge in [-0.1, -0.05) is 30.3 Å². The first-order valence-electron chi connectivity index (χ1n) is 44.1. The molecule has 0 bridgehead atoms. The van der Waals surface area contributed by atoms with Crippen LogP contribution in [0.25, 0.3) is 0 Å². The van der Waals surface area contributed by atoms with Crippen LogP contribution in [0.2, 0.25) is 0 Å². The maximum atomic E-state index is 12.7. The maximum Gasteiger partial charge on any atom is 0.332 e. The van der Waals surface area contributed by atoms with Gasteiger partial charge in [-0.3, -0.25) is 19.4 Å². The van der Waals surface area contributed by atoms with Crippen LogP contribution in [0.3, 0.4) is 0 Å². The Balaban J connectivity index is 0.000000116. The predicted octanol–water partition coefficient (Wildman–Crippen LogP) is 7.99. The number of hydrogen-bond acceptors (Lipinski definition) is 21. The molecule has 20 rings (SSSR count). The number of likely N-dealkylation sites (tertiary alicyclic amines) is 4. The third-order valence-corrected chi connectivity index (χ3v) is 34.2. The lowest BCUT2D eigenvalue weighted by molar-refractivity contribution is 0.156. The quantitative estimate of drug-likeness (QED) is 0.0319. The molecule has 6 aromatic rings. The van der Waals surface area contributed by atoms with Crippen molar-refractivity contribution in [3.05, 3.63) is 182 Å². The first-order chi connectivity index (χ1) is 58.9. The molecule has 5 saturated heterocycles. The van der Waals surface area contributed by atoms with Crippen molar-refractivity contribution in [1.29, 1.82) is 0 Å². The molecule has 14 aliphatic rings. The van der Waals surface area contributed by atoms with Gasteiger partial charge in [0.05, 0.1) is 0 Å². The Morgan fingerprint density at radius 1 is 0.398 bits per heavy atom. The highest BCUT2D eigenvalue weighted by Crippen LogP contribution is 2.44. The number of pyridine rings is 2. The van der Waals surface area contributed by atoms with E-state index in [-0.39, 0.29) is 16.8 Å². The van der Waals surface area contributed by atoms with Gasteiger partial charge < -0.3 is 44.9 Å². The smallest absolute Gasteiger partial charge is 0.332 e. The van der Waals surface area contributed by atoms with Crippen LogP contribution in [-0.4, -0.2) is 192 Å². The van der Waals surface area contributed by atoms with Gasteiger partial charge in [0.25, 0.3) is 5.56 Å². The number of urea groups is 4. The van der Waals surface area contributed by atoms with Crippen LogP contribution in [0.4, 0.5) is 41.9 Å². The number of nitrogens with zero attached hydrogens (tertiary/aromatic N) is 8. The molecule has 1 unspecified atom stereocenters. The summed E-state index contributed by atoms with van der Waals surface area (Å²) in [6.07, 6.45) is 30.8. The van der Waals surface area contributed by atoms with Crippen molar-refractivity contribution in [3.63, 3.8) is 0 Å². The molecule has 123 heavy (non-hydrogen) atoms. The maximum absolute atomic E-state index is 12.7. The molecule has 0 spiro atoms. The van der Waals surface area contributed by atoms with Gasteiger partial charge in [0.1, 0.15) is 21.0 Å². The van der Waals surface area contributed by atoms with Crippen LogP contribution in [-0.2, 0) is 175 Å². The average molecular weight is 1760 g/mol. The second-order valence-electron chi connectivity index (χ2n) is 36.4. The molecule has 35 heteroatoms. The predicted molar refractivity (Wildman–Crippen MR) is 470 cm³/mol. The first kappa shape index (κ1) is 86.2. The number of sulfonamides is 4. The highest BCUT2D eigenvalue weighted by Gasteiger charge is 2.45. The molecular formula is C88H114N16O15S4. The lowest BCUT2D eigenvalue weighted by Crippen LogP contribution is -2.58. The largest absolute Gasteiger partial charge is 0.381 e. The van der Waals surface area contributed by atoms with Gasteiger partial charge in [-0.25, -0.2) is 71.7 Å². The minimum Gasteiger partial charge on any atom is -0.381 e. The summed E-state index contributed by atoms with van der Waals surface area (Å²) in [6.45, 7) is 9.58. The van der Waals surface area contributed by atoms with E-state index in [4.69, 9.17) is 4.74 Å². The molecule has 2 aromatic heterocycles. The van der Waals surface area contributed by atoms with E-state index in [1.54, 1.807) is 38.6 Å². The summed E-state index contributed by atoms with van der Waals surface area (Å²) < 4.78 is 119. The molecule has 6 aliphatic heterocycles. The number of carbonyl (C=O) groups excluding carboxylic acids is 4. The van der Waals surface area contributed by atoms with Gasteiger partial charge in [0.2, 0.25) is 45.7 Å². The first-order valence-corrected chi connectivity index (χ1v) is 50.3. The van der Waals surface area contributed by atoms with Crippen molar-refractivity contribution in [2.45, 2.75) is 220 Å². The summed E-state index contributed by atoms with van der Waals surface area (Å²) in [4.78, 5) is 81.9. The molecule has 5 fully saturated rings. The van der Waals surface area contributed by atoms with E-state index < -0.39 is 85.2 Å². The van der Waals surface area contributed by atoms with Crippen molar-refractivity contribution < 1.29 is 57.6 Å². The zero-order valence-electron chi connectivity index (χ0n) is 70.5. The number of amides is 8. The fourth-order valence-electron chi connectivity index (χ4n) is 20.5. The average Bonchev–Trinajstić information content (AvgIpc) is 1.69. The van der Waals surface area contributed by atoms with Crippen LogP contribution in [0.15, 0.2) is 80.7 Å². The molecule has 0 radical (unpaired) electrons. The summed E-state index contributed by atoms with van der Waals surface area (Å²) in [5.41, 5.74) is 24.6. The van der Waals surface area contributed by atoms with Crippen molar-refractivity contribution >= 4 is 87.0 Å². The zero-order chi connectivity index (χ0) is 85.9. The number of fused-ring (bicyclic) bond motifs is 8. The summed E-state index contributed by atoms with van der Waals surface area (Å²) in [5.74, 6) is 0.596. The number of ether oxygens (including phenoxy) is 1. The Bertz CT molecular complexity index is 5690. The van der Waals surface area contributed by atoms with Gasteiger partial charge in [0, 0.05) is 153 Å². The highest BCUT2D eigenvalue weighted by molar-refractivity contribution is 7.91. The molecule has 8 aliphatic carbocycles. The summed E-state index contributed by atoms with van der Waals surface area (Å²) in [5, 5.41) is 17.2. The number of hydrogen-bond donors (Lipinski definition) is 8. The van der Waals surface area contributed by atoms with E-state index >= 15 is 0 Å². The van der Waals surface area contributed by atoms with Crippen LogP contribution in [0.1, 0.15) is 178 Å². The van der Waals surface area contributed by atoms with Gasteiger partial charge >= 0.3 is 24.1 Å². The summed E-state index contributed by atoms with van der Waals surface area (Å²) >= 11 is 0. The lowest BCUT2D eigenvalue weighted by atomic mass is 9.99. The van der Waals surface area contributed by atoms with Crippen molar-refractivity contribution in [1.82, 2.24) is 47.6 Å². The minimum atomic E-state index is -3.78. The molecule has 0 saturated carbocycles. The van der Waals surface area contributed by atoms with Crippen LogP contribution < -0.4 is 51.3 Å². The number of anilines is 4. The molecule has 660 valence electrons. The van der Waals surface area contributed by atoms with Gasteiger partial charge in [0.15, 0.2) is 5.66 Å². The Morgan fingerprint density at radius 3 is 1.02 bits per heavy atom. The number of aromatic nitrogens is 2. The van der Waals surface area contributed by atoms with Crippen molar-refractivity contribution in [2.24, 2.45) is 30.2 Å². The highest BCUT2D eigenvalue weighted by atomic mass is 32.2. The number of rotatable bonds is 22. The molecule has 1 atom stereocenters. The van der Waals surface area contributed by atoms with Gasteiger partial charge in [-0.2, -0.15) is 10.2 Å². The lowest BCUT2D eigenvalue weighted by Gasteiger charge is -2.38. The molecule has 4 aromatic carbocycles. The standard InChI is InChI=1S/2C23H28N4O4S.C22H31N3O4S.C20H27N5O3S/c1-26-11-15(8-9-21(26)28)12-27-13-18(14-27)32(30,31)25-23(29)24-22-19-6-2-4-16(19)10-17-5-3-7-20(17)22;1-26-9-8-15(10-21(26)28)12-27-13-18(14-27)32(30,31)25-23(29)24-22-19-6-2-4-16(19)11-17-5-3-7-20(17)22;26-22(23-21-19-5-1-3-16(19)11-17-4-2-6-20(17)21)24-30(27,28)18-12-25(13-18)9-7-15-8-10-29-14-15;1-20(23-24-20)8-9-25-11-15(12-25)29(27,28)22-19(26)21-18-16-6-2-4-13(16)10-14-5-3-7-17(14)18/h2*8-11,18H,2-7,12-14H2,1H3,(H2,24,25,29);11,15,18H,1-10,12-14H2,(H2,23,24,26);10,15H,2-9,11-12H2,1H3,(H2,21,22,26). The fraction of sp³-hybridized carbons (Fsp3) is 0.568. The van der Waals surface area contributed by atoms with E-state index in [9.17, 15) is 62.4 Å². The summed E-state index contributed by atoms with van der Waals surface area (Å²) in [6, 6.07) is 13.2. The SMILES string of the molecule is CC1(CCN2CC(S(=O)(=O)NC(=O)Nc3c4c(cc5c3CCC5)CCC4)C2)N=N1.Cn1cc(CN2CC(S(=O)(=O)NC(=O)Nc3c4c(cc5c3CCC5)CCC4)C2)ccc1=O.Cn1ccc(CN2CC(S(=O)(=O)NC(=O)Nc3c4c(cc5c3CCC5)CCC4)C2)cc1=O.O=C(Nc1c2c(cc3c1CCC3)CCC2)NS(=O)(=O)C1CN(CCC2CCOC2)C1. The fourth-order valence-corrected chi connectivity index (χ4v) is 25.6. The van der Waals surface area contributed by atoms with E-state index in [1.165, 1.54) is 104 Å². The van der Waals surface area contributed by atoms with Crippen molar-refractivity contribution in [2.75, 3.05) is 99.9 Å². The third kappa shape index (κ3) is 19.4. The van der Waals surface area contributed by atoms with E-state index in [0.29, 0.717) is 71.4 Å². The van der Waals surface area contributed by atoms with E-state index in [0.717, 1.165) is 234 Å².